The zero-order chi connectivity index (χ0) is 35.9. The van der Waals surface area contributed by atoms with Crippen LogP contribution in [0.15, 0.2) is 24.3 Å². The Kier molecular flexibility index (Phi) is 18.7. The number of phosphoric ester groups is 2. The molecule has 1 saturated heterocycles. The van der Waals surface area contributed by atoms with Crippen molar-refractivity contribution in [1.82, 2.24) is 0 Å². The number of benzene rings is 2. The topological polar surface area (TPSA) is 268 Å². The summed E-state index contributed by atoms with van der Waals surface area (Å²) in [6.45, 7) is -2.42. The number of hydrogen-bond donors (Lipinski definition) is 0. The van der Waals surface area contributed by atoms with Crippen LogP contribution >= 0.6 is 15.6 Å². The monoisotopic (exact) mass is 772 g/mol. The van der Waals surface area contributed by atoms with E-state index in [-0.39, 0.29) is 93.2 Å². The molecule has 0 amide bonds. The minimum absolute atomic E-state index is 0. The van der Waals surface area contributed by atoms with Crippen LogP contribution in [0.1, 0.15) is 17.5 Å². The average molecular weight is 772 g/mol. The molecule has 5 atom stereocenters. The van der Waals surface area contributed by atoms with E-state index in [1.807, 2.05) is 0 Å². The third-order valence-corrected chi connectivity index (χ3v) is 8.67. The molecule has 25 heteroatoms. The SMILES string of the molecule is COc1cc(CO[C@H]2C[C@H](OP(=O)([O-])OC)[C@@](COP(=O)([O-])OC)(OCc3cc(OC)c(OC)cc3[N+](=O)[O-])O2)c([N+](=O)[O-])cc1OC.[Na+].[Na+]. The van der Waals surface area contributed by atoms with Gasteiger partial charge in [-0.3, -0.25) is 29.4 Å². The van der Waals surface area contributed by atoms with Crippen LogP contribution < -0.4 is 87.8 Å². The van der Waals surface area contributed by atoms with Crippen molar-refractivity contribution in [2.24, 2.45) is 0 Å². The molecule has 1 aliphatic rings. The molecular formula is C25H32N2Na2O19P2. The van der Waals surface area contributed by atoms with E-state index >= 15 is 0 Å². The van der Waals surface area contributed by atoms with Crippen molar-refractivity contribution in [2.75, 3.05) is 49.3 Å². The maximum atomic E-state index is 12.4. The van der Waals surface area contributed by atoms with Crippen LogP contribution in [-0.4, -0.2) is 77.3 Å². The molecule has 0 bridgehead atoms. The molecule has 2 unspecified atom stereocenters. The molecule has 268 valence electrons. The molecule has 50 heavy (non-hydrogen) atoms. The zero-order valence-corrected chi connectivity index (χ0v) is 34.1. The van der Waals surface area contributed by atoms with Crippen molar-refractivity contribution in [3.63, 3.8) is 0 Å². The zero-order valence-electron chi connectivity index (χ0n) is 28.3. The average Bonchev–Trinajstić information content (AvgIpc) is 3.40. The van der Waals surface area contributed by atoms with E-state index in [1.54, 1.807) is 0 Å². The summed E-state index contributed by atoms with van der Waals surface area (Å²) < 4.78 is 81.4. The Hall–Kier alpha value is -1.46. The van der Waals surface area contributed by atoms with Crippen LogP contribution in [0, 0.1) is 20.2 Å². The molecule has 0 aliphatic carbocycles. The summed E-state index contributed by atoms with van der Waals surface area (Å²) in [6, 6.07) is 4.60. The van der Waals surface area contributed by atoms with Crippen molar-refractivity contribution < 1.29 is 139 Å². The molecule has 21 nitrogen and oxygen atoms in total. The molecule has 0 aromatic heterocycles. The number of methoxy groups -OCH3 is 4. The molecule has 3 rings (SSSR count). The summed E-state index contributed by atoms with van der Waals surface area (Å²) in [7, 11) is -3.49. The third-order valence-electron chi connectivity index (χ3n) is 6.82. The first kappa shape index (κ1) is 46.6. The molecule has 0 spiro atoms. The molecule has 1 fully saturated rings. The van der Waals surface area contributed by atoms with Crippen molar-refractivity contribution >= 4 is 27.0 Å². The summed E-state index contributed by atoms with van der Waals surface area (Å²) in [6.07, 6.45) is -3.83. The van der Waals surface area contributed by atoms with Gasteiger partial charge in [0.15, 0.2) is 29.3 Å². The van der Waals surface area contributed by atoms with Gasteiger partial charge in [0.1, 0.15) is 12.7 Å². The van der Waals surface area contributed by atoms with E-state index in [0.29, 0.717) is 0 Å². The predicted molar refractivity (Wildman–Crippen MR) is 154 cm³/mol. The Morgan fingerprint density at radius 3 is 1.62 bits per heavy atom. The minimum Gasteiger partial charge on any atom is -0.756 e. The second-order valence-electron chi connectivity index (χ2n) is 9.51. The molecule has 0 radical (unpaired) electrons. The van der Waals surface area contributed by atoms with Gasteiger partial charge in [0.05, 0.1) is 74.8 Å². The smallest absolute Gasteiger partial charge is 0.756 e. The Bertz CT molecular complexity index is 1590. The van der Waals surface area contributed by atoms with E-state index in [2.05, 4.69) is 9.05 Å². The molecule has 0 N–H and O–H groups in total. The predicted octanol–water partition coefficient (Wildman–Crippen LogP) is -3.65. The fraction of sp³-hybridized carbons (Fsp3) is 0.520. The van der Waals surface area contributed by atoms with Crippen LogP contribution in [0.25, 0.3) is 0 Å². The van der Waals surface area contributed by atoms with Crippen LogP contribution in [0.2, 0.25) is 0 Å². The van der Waals surface area contributed by atoms with E-state index in [4.69, 9.17) is 42.2 Å². The quantitative estimate of drug-likeness (QED) is 0.0576. The summed E-state index contributed by atoms with van der Waals surface area (Å²) in [5.41, 5.74) is -1.13. The van der Waals surface area contributed by atoms with Gasteiger partial charge in [-0.15, -0.1) is 0 Å². The molecule has 1 aliphatic heterocycles. The Balaban J connectivity index is 0.00000625. The summed E-state index contributed by atoms with van der Waals surface area (Å²) in [4.78, 5) is 46.8. The van der Waals surface area contributed by atoms with Gasteiger partial charge >= 0.3 is 59.1 Å². The van der Waals surface area contributed by atoms with Gasteiger partial charge in [-0.1, -0.05) is 0 Å². The van der Waals surface area contributed by atoms with Crippen LogP contribution in [0.5, 0.6) is 23.0 Å². The number of phosphoric acid groups is 2. The van der Waals surface area contributed by atoms with Gasteiger partial charge < -0.3 is 61.0 Å². The second kappa shape index (κ2) is 20.1. The number of rotatable bonds is 19. The summed E-state index contributed by atoms with van der Waals surface area (Å²) in [5, 5.41) is 23.7. The molecule has 2 aromatic carbocycles. The summed E-state index contributed by atoms with van der Waals surface area (Å²) >= 11 is 0. The number of ether oxygens (including phenoxy) is 7. The second-order valence-corrected chi connectivity index (χ2v) is 12.5. The number of nitrogens with zero attached hydrogens (tertiary/aromatic N) is 2. The van der Waals surface area contributed by atoms with Crippen molar-refractivity contribution in [3.8, 4) is 23.0 Å². The summed E-state index contributed by atoms with van der Waals surface area (Å²) in [5.74, 6) is -2.28. The van der Waals surface area contributed by atoms with E-state index in [0.717, 1.165) is 26.4 Å². The first-order valence-electron chi connectivity index (χ1n) is 13.4. The minimum atomic E-state index is -5.13. The first-order chi connectivity index (χ1) is 22.6. The molecule has 1 heterocycles. The van der Waals surface area contributed by atoms with Gasteiger partial charge in [-0.05, 0) is 12.1 Å². The van der Waals surface area contributed by atoms with Gasteiger partial charge in [-0.25, -0.2) is 0 Å². The van der Waals surface area contributed by atoms with Crippen molar-refractivity contribution in [1.29, 1.82) is 0 Å². The maximum absolute atomic E-state index is 12.4. The molecule has 0 saturated carbocycles. The van der Waals surface area contributed by atoms with Gasteiger partial charge in [0.2, 0.25) is 5.79 Å². The van der Waals surface area contributed by atoms with Crippen LogP contribution in [-0.2, 0) is 54.6 Å². The van der Waals surface area contributed by atoms with E-state index < -0.39 is 81.3 Å². The maximum Gasteiger partial charge on any atom is 1.00 e. The van der Waals surface area contributed by atoms with Crippen molar-refractivity contribution in [3.05, 3.63) is 55.6 Å². The number of nitro benzene ring substituents is 2. The van der Waals surface area contributed by atoms with E-state index in [9.17, 15) is 39.1 Å². The largest absolute Gasteiger partial charge is 1.00 e. The number of nitro groups is 2. The normalized spacial score (nSPS) is 20.7. The number of hydrogen-bond acceptors (Lipinski definition) is 19. The van der Waals surface area contributed by atoms with Crippen molar-refractivity contribution in [2.45, 2.75) is 37.8 Å². The first-order valence-corrected chi connectivity index (χ1v) is 16.3. The van der Waals surface area contributed by atoms with Crippen LogP contribution in [0.4, 0.5) is 11.4 Å². The third kappa shape index (κ3) is 11.8. The standard InChI is InChI=1S/C25H34N2O19P2.2Na/c1-36-19-7-15(17(26(28)29)9-21(19)38-3)12-42-24-11-23(46-48(34,35)41-6)25(45-24,14-44-47(32,33)40-5)43-13-16-8-20(37-2)22(39-4)10-18(16)27(30)31;;/h7-10,23-24H,11-14H2,1-6H3,(H,32,33)(H,34,35);;/q;2*+1/p-2/t23-,24+,25-;;/m0../s1. The van der Waals surface area contributed by atoms with Gasteiger partial charge in [0.25, 0.3) is 27.0 Å². The van der Waals surface area contributed by atoms with Gasteiger partial charge in [-0.2, -0.15) is 0 Å². The van der Waals surface area contributed by atoms with E-state index in [1.165, 1.54) is 40.6 Å². The Labute approximate surface area is 329 Å². The Morgan fingerprint density at radius 1 is 0.760 bits per heavy atom. The fourth-order valence-corrected chi connectivity index (χ4v) is 5.50. The molecule has 2 aromatic rings. The van der Waals surface area contributed by atoms with Gasteiger partial charge in [0, 0.05) is 20.6 Å². The fourth-order valence-electron chi connectivity index (χ4n) is 4.42. The van der Waals surface area contributed by atoms with Crippen LogP contribution in [0.3, 0.4) is 0 Å². The molecular weight excluding hydrogens is 740 g/mol. The Morgan fingerprint density at radius 2 is 1.20 bits per heavy atom.